The van der Waals surface area contributed by atoms with Crippen molar-refractivity contribution in [1.82, 2.24) is 0 Å². The number of furan rings is 3. The van der Waals surface area contributed by atoms with Crippen molar-refractivity contribution in [3.05, 3.63) is 243 Å². The van der Waals surface area contributed by atoms with E-state index in [1.54, 1.807) is 0 Å². The molecule has 0 saturated heterocycles. The molecule has 0 radical (unpaired) electrons. The van der Waals surface area contributed by atoms with Crippen molar-refractivity contribution >= 4 is 87.4 Å². The van der Waals surface area contributed by atoms with E-state index < -0.39 is 0 Å². The third kappa shape index (κ3) is 6.37. The van der Waals surface area contributed by atoms with Gasteiger partial charge in [-0.05, 0) is 167 Å². The highest BCUT2D eigenvalue weighted by Crippen LogP contribution is 2.46. The molecule has 0 bridgehead atoms. The van der Waals surface area contributed by atoms with Crippen molar-refractivity contribution in [3.8, 4) is 66.8 Å². The van der Waals surface area contributed by atoms with Crippen molar-refractivity contribution in [3.63, 3.8) is 0 Å². The third-order valence-electron chi connectivity index (χ3n) is 14.7. The Hall–Kier alpha value is -9.44. The van der Waals surface area contributed by atoms with Gasteiger partial charge in [0.15, 0.2) is 0 Å². The van der Waals surface area contributed by atoms with Crippen LogP contribution >= 0.6 is 0 Å². The molecular weight excluding hydrogens is 865 g/mol. The minimum atomic E-state index is 0.868. The predicted molar refractivity (Wildman–Crippen MR) is 296 cm³/mol. The fourth-order valence-corrected chi connectivity index (χ4v) is 11.2. The Balaban J connectivity index is 0.972. The van der Waals surface area contributed by atoms with Crippen molar-refractivity contribution in [2.24, 2.45) is 0 Å². The van der Waals surface area contributed by atoms with Crippen molar-refractivity contribution in [1.29, 1.82) is 0 Å². The fourth-order valence-electron chi connectivity index (χ4n) is 11.2. The number of fused-ring (bicyclic) bond motifs is 11. The molecule has 12 aromatic carbocycles. The van der Waals surface area contributed by atoms with Crippen LogP contribution in [0.15, 0.2) is 256 Å². The highest BCUT2D eigenvalue weighted by Gasteiger charge is 2.20. The fraction of sp³-hybridized carbons (Fsp3) is 0. The lowest BCUT2D eigenvalue weighted by Crippen LogP contribution is -1.91. The highest BCUT2D eigenvalue weighted by molar-refractivity contribution is 6.21. The van der Waals surface area contributed by atoms with Crippen molar-refractivity contribution in [2.75, 3.05) is 0 Å². The average Bonchev–Trinajstić information content (AvgIpc) is 4.12. The van der Waals surface area contributed by atoms with Crippen LogP contribution in [-0.2, 0) is 0 Å². The minimum absolute atomic E-state index is 0.868. The third-order valence-corrected chi connectivity index (χ3v) is 14.7. The standard InChI is InChI=1S/C68H40O3/c1-4-12-41(13-5-1)44-22-28-62-56(34-44)59-37-47(25-31-65(59)69-62)50-18-10-20-52-54(50)40-55-51(48-26-32-66-60(38-48)57-35-45(23-29-63(57)70-66)42-14-6-2-7-15-42)19-11-21-53(55)68(52)49-27-33-67-61(39-49)58-36-46(24-30-64(58)71-67)43-16-8-3-9-17-43/h1-40H. The second kappa shape index (κ2) is 15.5. The average molecular weight is 905 g/mol. The Labute approximate surface area is 408 Å². The molecule has 3 heterocycles. The van der Waals surface area contributed by atoms with Gasteiger partial charge in [-0.1, -0.05) is 164 Å². The first-order chi connectivity index (χ1) is 35.1. The quantitative estimate of drug-likeness (QED) is 0.156. The SMILES string of the molecule is c1ccc(-c2ccc3oc4ccc(-c5cccc6c(-c7ccc8oc9ccc(-c%10ccccc%10)cc9c8c7)c7cccc(-c8ccc9oc%10ccc(-c%11ccccc%11)cc%10c9c8)c7cc56)cc4c3c2)cc1. The second-order valence-corrected chi connectivity index (χ2v) is 18.7. The molecule has 71 heavy (non-hydrogen) atoms. The molecule has 0 aliphatic heterocycles. The van der Waals surface area contributed by atoms with Gasteiger partial charge in [-0.3, -0.25) is 0 Å². The normalized spacial score (nSPS) is 11.9. The summed E-state index contributed by atoms with van der Waals surface area (Å²) in [6.07, 6.45) is 0. The van der Waals surface area contributed by atoms with Gasteiger partial charge in [-0.25, -0.2) is 0 Å². The van der Waals surface area contributed by atoms with Gasteiger partial charge in [0.25, 0.3) is 0 Å². The maximum absolute atomic E-state index is 6.53. The number of hydrogen-bond donors (Lipinski definition) is 0. The molecule has 0 amide bonds. The zero-order chi connectivity index (χ0) is 46.6. The van der Waals surface area contributed by atoms with Crippen LogP contribution in [-0.4, -0.2) is 0 Å². The van der Waals surface area contributed by atoms with E-state index in [4.69, 9.17) is 13.3 Å². The minimum Gasteiger partial charge on any atom is -0.456 e. The molecule has 0 saturated carbocycles. The summed E-state index contributed by atoms with van der Waals surface area (Å²) in [6.45, 7) is 0. The number of hydrogen-bond acceptors (Lipinski definition) is 3. The summed E-state index contributed by atoms with van der Waals surface area (Å²) in [4.78, 5) is 0. The van der Waals surface area contributed by atoms with Crippen LogP contribution < -0.4 is 0 Å². The summed E-state index contributed by atoms with van der Waals surface area (Å²) < 4.78 is 19.5. The molecule has 0 fully saturated rings. The smallest absolute Gasteiger partial charge is 0.135 e. The summed E-state index contributed by atoms with van der Waals surface area (Å²) in [6, 6.07) is 87.2. The Morgan fingerprint density at radius 1 is 0.169 bits per heavy atom. The van der Waals surface area contributed by atoms with Gasteiger partial charge in [-0.15, -0.1) is 0 Å². The van der Waals surface area contributed by atoms with Crippen LogP contribution in [0.1, 0.15) is 0 Å². The van der Waals surface area contributed by atoms with Gasteiger partial charge in [0, 0.05) is 32.3 Å². The molecule has 0 aliphatic rings. The monoisotopic (exact) mass is 904 g/mol. The van der Waals surface area contributed by atoms with Crippen LogP contribution in [0.3, 0.4) is 0 Å². The van der Waals surface area contributed by atoms with E-state index in [9.17, 15) is 0 Å². The molecule has 0 N–H and O–H groups in total. The van der Waals surface area contributed by atoms with E-state index in [1.807, 2.05) is 0 Å². The molecule has 3 heteroatoms. The van der Waals surface area contributed by atoms with E-state index in [0.717, 1.165) is 110 Å². The van der Waals surface area contributed by atoms with Crippen LogP contribution in [0.2, 0.25) is 0 Å². The molecule has 330 valence electrons. The van der Waals surface area contributed by atoms with E-state index in [0.29, 0.717) is 0 Å². The maximum Gasteiger partial charge on any atom is 0.135 e. The van der Waals surface area contributed by atoms with Gasteiger partial charge in [0.2, 0.25) is 0 Å². The molecule has 0 atom stereocenters. The van der Waals surface area contributed by atoms with Crippen LogP contribution in [0.5, 0.6) is 0 Å². The Bertz CT molecular complexity index is 4400. The van der Waals surface area contributed by atoms with Gasteiger partial charge >= 0.3 is 0 Å². The van der Waals surface area contributed by atoms with Crippen LogP contribution in [0, 0.1) is 0 Å². The van der Waals surface area contributed by atoms with E-state index in [-0.39, 0.29) is 0 Å². The highest BCUT2D eigenvalue weighted by atomic mass is 16.3. The zero-order valence-corrected chi connectivity index (χ0v) is 38.3. The maximum atomic E-state index is 6.53. The lowest BCUT2D eigenvalue weighted by molar-refractivity contribution is 0.668. The lowest BCUT2D eigenvalue weighted by atomic mass is 9.85. The molecule has 0 unspecified atom stereocenters. The molecule has 15 rings (SSSR count). The number of rotatable bonds is 6. The van der Waals surface area contributed by atoms with Gasteiger partial charge in [-0.2, -0.15) is 0 Å². The van der Waals surface area contributed by atoms with E-state index >= 15 is 0 Å². The Kier molecular flexibility index (Phi) is 8.66. The topological polar surface area (TPSA) is 39.4 Å². The molecular formula is C68H40O3. The lowest BCUT2D eigenvalue weighted by Gasteiger charge is -2.17. The van der Waals surface area contributed by atoms with Crippen molar-refractivity contribution in [2.45, 2.75) is 0 Å². The summed E-state index contributed by atoms with van der Waals surface area (Å²) in [5.41, 5.74) is 19.1. The summed E-state index contributed by atoms with van der Waals surface area (Å²) in [7, 11) is 0. The second-order valence-electron chi connectivity index (χ2n) is 18.7. The Morgan fingerprint density at radius 3 is 0.817 bits per heavy atom. The molecule has 3 aromatic heterocycles. The molecule has 3 nitrogen and oxygen atoms in total. The molecule has 15 aromatic rings. The first kappa shape index (κ1) is 39.5. The van der Waals surface area contributed by atoms with Gasteiger partial charge < -0.3 is 13.3 Å². The van der Waals surface area contributed by atoms with Crippen molar-refractivity contribution < 1.29 is 13.3 Å². The number of benzene rings is 12. The summed E-state index contributed by atoms with van der Waals surface area (Å²) >= 11 is 0. The molecule has 0 spiro atoms. The van der Waals surface area contributed by atoms with Gasteiger partial charge in [0.1, 0.15) is 33.5 Å². The first-order valence-corrected chi connectivity index (χ1v) is 24.2. The largest absolute Gasteiger partial charge is 0.456 e. The predicted octanol–water partition coefficient (Wildman–Crippen LogP) is 19.7. The van der Waals surface area contributed by atoms with E-state index in [1.165, 1.54) is 43.8 Å². The van der Waals surface area contributed by atoms with Crippen LogP contribution in [0.25, 0.3) is 154 Å². The molecule has 0 aliphatic carbocycles. The summed E-state index contributed by atoms with van der Waals surface area (Å²) in [5.74, 6) is 0. The zero-order valence-electron chi connectivity index (χ0n) is 38.3. The van der Waals surface area contributed by atoms with Gasteiger partial charge in [0.05, 0.1) is 0 Å². The Morgan fingerprint density at radius 2 is 0.465 bits per heavy atom. The first-order valence-electron chi connectivity index (χ1n) is 24.2. The summed E-state index contributed by atoms with van der Waals surface area (Å²) in [5, 5.41) is 11.3. The van der Waals surface area contributed by atoms with E-state index in [2.05, 4.69) is 243 Å². The van der Waals surface area contributed by atoms with Crippen LogP contribution in [0.4, 0.5) is 0 Å².